The van der Waals surface area contributed by atoms with Gasteiger partial charge in [0.15, 0.2) is 0 Å². The molecule has 38 heavy (non-hydrogen) atoms. The molecule has 0 saturated carbocycles. The Balaban J connectivity index is 1.55. The van der Waals surface area contributed by atoms with Crippen LogP contribution in [0.4, 0.5) is 11.4 Å². The van der Waals surface area contributed by atoms with Crippen LogP contribution in [0.1, 0.15) is 45.6 Å². The highest BCUT2D eigenvalue weighted by atomic mass is 35.5. The van der Waals surface area contributed by atoms with Gasteiger partial charge in [-0.3, -0.25) is 0 Å². The lowest BCUT2D eigenvalue weighted by Gasteiger charge is -2.36. The minimum atomic E-state index is 0.523. The molecule has 0 aromatic heterocycles. The summed E-state index contributed by atoms with van der Waals surface area (Å²) in [5, 5.41) is 8.15. The third-order valence-electron chi connectivity index (χ3n) is 6.89. The molecule has 5 nitrogen and oxygen atoms in total. The number of piperidine rings is 1. The maximum absolute atomic E-state index is 6.10. The number of anilines is 2. The average Bonchev–Trinajstić information content (AvgIpc) is 2.91. The number of allylic oxidation sites excluding steroid dienone is 4. The predicted molar refractivity (Wildman–Crippen MR) is 165 cm³/mol. The molecule has 2 heterocycles. The van der Waals surface area contributed by atoms with Gasteiger partial charge in [-0.05, 0) is 49.1 Å². The molecule has 2 N–H and O–H groups in total. The first-order valence-electron chi connectivity index (χ1n) is 13.6. The zero-order valence-electron chi connectivity index (χ0n) is 23.0. The lowest BCUT2D eigenvalue weighted by atomic mass is 10.0. The summed E-state index contributed by atoms with van der Waals surface area (Å²) in [5.74, 6) is 0.847. The van der Waals surface area contributed by atoms with Crippen molar-refractivity contribution in [3.63, 3.8) is 0 Å². The van der Waals surface area contributed by atoms with Crippen molar-refractivity contribution in [1.82, 2.24) is 10.2 Å². The van der Waals surface area contributed by atoms with Gasteiger partial charge in [0.25, 0.3) is 0 Å². The van der Waals surface area contributed by atoms with Crippen LogP contribution in [0.3, 0.4) is 0 Å². The van der Waals surface area contributed by atoms with Gasteiger partial charge in [0.05, 0.1) is 11.4 Å². The van der Waals surface area contributed by atoms with Crippen molar-refractivity contribution < 1.29 is 0 Å². The minimum absolute atomic E-state index is 0.523. The number of benzene rings is 2. The number of para-hydroxylation sites is 2. The van der Waals surface area contributed by atoms with Crippen molar-refractivity contribution in [3.8, 4) is 0 Å². The van der Waals surface area contributed by atoms with E-state index in [-0.39, 0.29) is 0 Å². The number of nitrogens with one attached hydrogen (secondary N) is 2. The van der Waals surface area contributed by atoms with Crippen molar-refractivity contribution in [2.45, 2.75) is 52.1 Å². The summed E-state index contributed by atoms with van der Waals surface area (Å²) in [6.45, 7) is 12.7. The van der Waals surface area contributed by atoms with E-state index in [4.69, 9.17) is 16.6 Å². The summed E-state index contributed by atoms with van der Waals surface area (Å²) in [6, 6.07) is 17.5. The summed E-state index contributed by atoms with van der Waals surface area (Å²) in [4.78, 5) is 9.42. The van der Waals surface area contributed by atoms with Crippen molar-refractivity contribution >= 4 is 34.8 Å². The van der Waals surface area contributed by atoms with Gasteiger partial charge < -0.3 is 20.4 Å². The van der Waals surface area contributed by atoms with Crippen molar-refractivity contribution in [1.29, 1.82) is 0 Å². The van der Waals surface area contributed by atoms with Gasteiger partial charge in [0.1, 0.15) is 5.82 Å². The van der Waals surface area contributed by atoms with Crippen LogP contribution in [0.15, 0.2) is 95.5 Å². The van der Waals surface area contributed by atoms with Gasteiger partial charge in [0, 0.05) is 66.5 Å². The molecule has 2 aliphatic rings. The van der Waals surface area contributed by atoms with Crippen LogP contribution < -0.4 is 15.5 Å². The molecule has 0 amide bonds. The van der Waals surface area contributed by atoms with E-state index in [1.807, 2.05) is 43.6 Å². The summed E-state index contributed by atoms with van der Waals surface area (Å²) in [5.41, 5.74) is 6.45. The molecule has 4 rings (SSSR count). The molecular formula is C32H40ClN5. The Morgan fingerprint density at radius 1 is 1.13 bits per heavy atom. The number of rotatable bonds is 9. The first-order valence-corrected chi connectivity index (χ1v) is 14.0. The van der Waals surface area contributed by atoms with E-state index in [1.165, 1.54) is 5.69 Å². The molecule has 1 fully saturated rings. The molecule has 6 heteroatoms. The molecule has 2 aliphatic heterocycles. The van der Waals surface area contributed by atoms with Gasteiger partial charge in [0.2, 0.25) is 0 Å². The molecule has 0 aliphatic carbocycles. The highest BCUT2D eigenvalue weighted by Gasteiger charge is 2.22. The predicted octanol–water partition coefficient (Wildman–Crippen LogP) is 7.47. The van der Waals surface area contributed by atoms with E-state index in [0.717, 1.165) is 66.3 Å². The van der Waals surface area contributed by atoms with Crippen LogP contribution >= 0.6 is 11.6 Å². The van der Waals surface area contributed by atoms with Crippen LogP contribution in [0, 0.1) is 0 Å². The van der Waals surface area contributed by atoms with E-state index in [2.05, 4.69) is 84.3 Å². The number of hydrogen-bond acceptors (Lipinski definition) is 5. The van der Waals surface area contributed by atoms with Crippen LogP contribution in [-0.2, 0) is 0 Å². The number of halogens is 1. The Morgan fingerprint density at radius 3 is 2.47 bits per heavy atom. The van der Waals surface area contributed by atoms with Crippen molar-refractivity contribution in [2.24, 2.45) is 4.99 Å². The Hall–Kier alpha value is -3.28. The maximum Gasteiger partial charge on any atom is 0.140 e. The Morgan fingerprint density at radius 2 is 1.84 bits per heavy atom. The van der Waals surface area contributed by atoms with Crippen molar-refractivity contribution in [2.75, 3.05) is 30.4 Å². The molecule has 1 saturated heterocycles. The van der Waals surface area contributed by atoms with Crippen LogP contribution in [0.25, 0.3) is 5.57 Å². The molecular weight excluding hydrogens is 490 g/mol. The Labute approximate surface area is 233 Å². The van der Waals surface area contributed by atoms with E-state index < -0.39 is 0 Å². The zero-order valence-corrected chi connectivity index (χ0v) is 23.8. The number of nitrogens with zero attached hydrogens (tertiary/aromatic N) is 3. The molecule has 200 valence electrons. The summed E-state index contributed by atoms with van der Waals surface area (Å²) < 4.78 is 0. The van der Waals surface area contributed by atoms with Crippen LogP contribution in [-0.4, -0.2) is 43.3 Å². The van der Waals surface area contributed by atoms with Crippen molar-refractivity contribution in [3.05, 3.63) is 101 Å². The first-order chi connectivity index (χ1) is 18.4. The van der Waals surface area contributed by atoms with Crippen LogP contribution in [0.5, 0.6) is 0 Å². The molecule has 2 aromatic carbocycles. The Bertz CT molecular complexity index is 1230. The standard InChI is InChI=1S/C32H40ClN5/c1-6-10-29(25-21-34-32(37(5)22-25)28(7-2)24-13-15-26(33)16-14-24)36-30-11-8-9-12-31(30)38-19-17-27(18-20-38)35-23(3)4/h7-16,21-23,27,35-36H,2,6,17-20H2,1,3-5H3/b29-10?,32-28+. The first kappa shape index (κ1) is 27.7. The zero-order chi connectivity index (χ0) is 27.1. The van der Waals surface area contributed by atoms with Gasteiger partial charge in [-0.25, -0.2) is 4.99 Å². The minimum Gasteiger partial charge on any atom is -0.370 e. The molecule has 0 spiro atoms. The fourth-order valence-electron chi connectivity index (χ4n) is 5.09. The van der Waals surface area contributed by atoms with Gasteiger partial charge >= 0.3 is 0 Å². The third-order valence-corrected chi connectivity index (χ3v) is 7.14. The largest absolute Gasteiger partial charge is 0.370 e. The highest BCUT2D eigenvalue weighted by molar-refractivity contribution is 6.30. The van der Waals surface area contributed by atoms with E-state index in [1.54, 1.807) is 0 Å². The molecule has 2 aromatic rings. The monoisotopic (exact) mass is 529 g/mol. The quantitative estimate of drug-likeness (QED) is 0.353. The highest BCUT2D eigenvalue weighted by Crippen LogP contribution is 2.32. The third kappa shape index (κ3) is 6.77. The normalized spacial score (nSPS) is 18.1. The molecule has 0 atom stereocenters. The summed E-state index contributed by atoms with van der Waals surface area (Å²) in [6.07, 6.45) is 11.4. The van der Waals surface area contributed by atoms with Gasteiger partial charge in [-0.2, -0.15) is 0 Å². The van der Waals surface area contributed by atoms with Gasteiger partial charge in [-0.1, -0.05) is 75.4 Å². The van der Waals surface area contributed by atoms with E-state index in [0.29, 0.717) is 17.1 Å². The topological polar surface area (TPSA) is 42.9 Å². The van der Waals surface area contributed by atoms with E-state index >= 15 is 0 Å². The molecule has 0 radical (unpaired) electrons. The van der Waals surface area contributed by atoms with Gasteiger partial charge in [-0.15, -0.1) is 0 Å². The number of aliphatic imine (C=N–C) groups is 1. The average molecular weight is 530 g/mol. The Kier molecular flexibility index (Phi) is 9.48. The number of hydrogen-bond donors (Lipinski definition) is 2. The smallest absolute Gasteiger partial charge is 0.140 e. The van der Waals surface area contributed by atoms with E-state index in [9.17, 15) is 0 Å². The SMILES string of the molecule is C=C/C(=C1/N=CC(C(=CCC)Nc2ccccc2N2CCC(NC(C)C)CC2)=CN1C)c1ccc(Cl)cc1. The second-order valence-corrected chi connectivity index (χ2v) is 10.6. The summed E-state index contributed by atoms with van der Waals surface area (Å²) in [7, 11) is 2.03. The fraction of sp³-hybridized carbons (Fsp3) is 0.344. The molecule has 0 bridgehead atoms. The molecule has 0 unspecified atom stereocenters. The second kappa shape index (κ2) is 13.0. The lowest BCUT2D eigenvalue weighted by molar-refractivity contribution is 0.387. The maximum atomic E-state index is 6.10. The van der Waals surface area contributed by atoms with Crippen LogP contribution in [0.2, 0.25) is 5.02 Å². The summed E-state index contributed by atoms with van der Waals surface area (Å²) >= 11 is 6.10. The second-order valence-electron chi connectivity index (χ2n) is 10.2. The fourth-order valence-corrected chi connectivity index (χ4v) is 5.22. The lowest BCUT2D eigenvalue weighted by Crippen LogP contribution is -2.44.